The molecule has 3 aromatic rings. The van der Waals surface area contributed by atoms with Gasteiger partial charge in [0.25, 0.3) is 5.91 Å². The minimum absolute atomic E-state index is 0.164. The molecule has 3 amide bonds. The van der Waals surface area contributed by atoms with E-state index >= 15 is 0 Å². The molecule has 0 atom stereocenters. The summed E-state index contributed by atoms with van der Waals surface area (Å²) in [7, 11) is 0. The van der Waals surface area contributed by atoms with Crippen LogP contribution in [0.4, 0.5) is 29.3 Å². The third-order valence-electron chi connectivity index (χ3n) is 5.54. The first-order valence-electron chi connectivity index (χ1n) is 10.7. The van der Waals surface area contributed by atoms with Crippen molar-refractivity contribution in [3.05, 3.63) is 93.5 Å². The van der Waals surface area contributed by atoms with Gasteiger partial charge in [-0.05, 0) is 60.5 Å². The van der Waals surface area contributed by atoms with Crippen molar-refractivity contribution in [1.29, 1.82) is 0 Å². The SMILES string of the molecule is O=C(Nc1cc(N2CCCN(Cc3cccc(Cl)c3)C2=O)ccc1Cl)c1cccc(C(F)(F)F)c1. The summed E-state index contributed by atoms with van der Waals surface area (Å²) in [4.78, 5) is 29.1. The number of nitrogens with zero attached hydrogens (tertiary/aromatic N) is 2. The molecule has 1 aliphatic rings. The van der Waals surface area contributed by atoms with E-state index in [-0.39, 0.29) is 22.3 Å². The highest BCUT2D eigenvalue weighted by Gasteiger charge is 2.31. The molecule has 0 unspecified atom stereocenters. The molecule has 0 aliphatic carbocycles. The Kier molecular flexibility index (Phi) is 7.23. The van der Waals surface area contributed by atoms with Crippen molar-refractivity contribution >= 4 is 46.5 Å². The largest absolute Gasteiger partial charge is 0.416 e. The zero-order chi connectivity index (χ0) is 25.2. The number of halogens is 5. The summed E-state index contributed by atoms with van der Waals surface area (Å²) in [6, 6.07) is 15.9. The third kappa shape index (κ3) is 5.89. The minimum Gasteiger partial charge on any atom is -0.321 e. The Bertz CT molecular complexity index is 1270. The molecule has 0 radical (unpaired) electrons. The van der Waals surface area contributed by atoms with Gasteiger partial charge in [-0.3, -0.25) is 9.69 Å². The summed E-state index contributed by atoms with van der Waals surface area (Å²) < 4.78 is 39.0. The molecule has 10 heteroatoms. The Morgan fingerprint density at radius 2 is 1.74 bits per heavy atom. The van der Waals surface area contributed by atoms with E-state index in [0.717, 1.165) is 30.2 Å². The second-order valence-corrected chi connectivity index (χ2v) is 8.88. The summed E-state index contributed by atoms with van der Waals surface area (Å²) in [5.74, 6) is -0.747. The molecule has 0 aromatic heterocycles. The van der Waals surface area contributed by atoms with Crippen molar-refractivity contribution in [3.63, 3.8) is 0 Å². The van der Waals surface area contributed by atoms with E-state index in [9.17, 15) is 22.8 Å². The standard InChI is InChI=1S/C25H20Cl2F3N3O2/c26-19-7-1-4-16(12-19)15-32-10-3-11-33(24(32)35)20-8-9-21(27)22(14-20)31-23(34)17-5-2-6-18(13-17)25(28,29)30/h1-2,4-9,12-14H,3,10-11,15H2,(H,31,34). The zero-order valence-electron chi connectivity index (χ0n) is 18.3. The highest BCUT2D eigenvalue weighted by Crippen LogP contribution is 2.32. The lowest BCUT2D eigenvalue weighted by Gasteiger charge is -2.36. The molecular weight excluding hydrogens is 502 g/mol. The Morgan fingerprint density at radius 1 is 0.971 bits per heavy atom. The predicted molar refractivity (Wildman–Crippen MR) is 130 cm³/mol. The van der Waals surface area contributed by atoms with E-state index in [1.165, 1.54) is 18.2 Å². The van der Waals surface area contributed by atoms with Gasteiger partial charge in [-0.15, -0.1) is 0 Å². The number of amides is 3. The molecule has 1 fully saturated rings. The average Bonchev–Trinajstić information content (AvgIpc) is 2.81. The molecular formula is C25H20Cl2F3N3O2. The van der Waals surface area contributed by atoms with Gasteiger partial charge in [0.1, 0.15) is 0 Å². The number of rotatable bonds is 5. The van der Waals surface area contributed by atoms with Crippen LogP contribution >= 0.6 is 23.2 Å². The van der Waals surface area contributed by atoms with E-state index in [1.807, 2.05) is 12.1 Å². The Morgan fingerprint density at radius 3 is 2.49 bits per heavy atom. The quantitative estimate of drug-likeness (QED) is 0.389. The van der Waals surface area contributed by atoms with Crippen LogP contribution in [0.5, 0.6) is 0 Å². The van der Waals surface area contributed by atoms with Crippen LogP contribution in [0.3, 0.4) is 0 Å². The summed E-state index contributed by atoms with van der Waals surface area (Å²) in [5.41, 5.74) is 0.505. The second-order valence-electron chi connectivity index (χ2n) is 8.04. The zero-order valence-corrected chi connectivity index (χ0v) is 19.8. The van der Waals surface area contributed by atoms with Crippen LogP contribution in [0.2, 0.25) is 10.0 Å². The summed E-state index contributed by atoms with van der Waals surface area (Å²) in [6.07, 6.45) is -3.85. The second kappa shape index (κ2) is 10.2. The van der Waals surface area contributed by atoms with E-state index in [0.29, 0.717) is 30.3 Å². The number of hydrogen-bond acceptors (Lipinski definition) is 2. The van der Waals surface area contributed by atoms with Crippen molar-refractivity contribution in [2.45, 2.75) is 19.1 Å². The lowest BCUT2D eigenvalue weighted by Crippen LogP contribution is -2.49. The molecule has 1 heterocycles. The van der Waals surface area contributed by atoms with Crippen LogP contribution in [-0.4, -0.2) is 29.9 Å². The predicted octanol–water partition coefficient (Wildman–Crippen LogP) is 7.10. The molecule has 1 aliphatic heterocycles. The van der Waals surface area contributed by atoms with Crippen molar-refractivity contribution < 1.29 is 22.8 Å². The first kappa shape index (κ1) is 24.9. The molecule has 5 nitrogen and oxygen atoms in total. The van der Waals surface area contributed by atoms with Gasteiger partial charge in [-0.1, -0.05) is 41.4 Å². The Hall–Kier alpha value is -3.23. The first-order chi connectivity index (χ1) is 16.6. The smallest absolute Gasteiger partial charge is 0.321 e. The van der Waals surface area contributed by atoms with Gasteiger partial charge >= 0.3 is 12.2 Å². The van der Waals surface area contributed by atoms with Crippen LogP contribution in [0.15, 0.2) is 66.7 Å². The van der Waals surface area contributed by atoms with Gasteiger partial charge < -0.3 is 10.2 Å². The number of alkyl halides is 3. The van der Waals surface area contributed by atoms with E-state index in [2.05, 4.69) is 5.32 Å². The number of anilines is 2. The molecule has 3 aromatic carbocycles. The number of nitrogens with one attached hydrogen (secondary N) is 1. The van der Waals surface area contributed by atoms with E-state index < -0.39 is 17.6 Å². The molecule has 35 heavy (non-hydrogen) atoms. The summed E-state index contributed by atoms with van der Waals surface area (Å²) >= 11 is 12.3. The van der Waals surface area contributed by atoms with Gasteiger partial charge in [0.15, 0.2) is 0 Å². The average molecular weight is 522 g/mol. The van der Waals surface area contributed by atoms with Crippen molar-refractivity contribution in [2.24, 2.45) is 0 Å². The maximum Gasteiger partial charge on any atom is 0.416 e. The van der Waals surface area contributed by atoms with Gasteiger partial charge in [0.2, 0.25) is 0 Å². The molecule has 182 valence electrons. The lowest BCUT2D eigenvalue weighted by atomic mass is 10.1. The lowest BCUT2D eigenvalue weighted by molar-refractivity contribution is -0.137. The van der Waals surface area contributed by atoms with Crippen LogP contribution in [0.25, 0.3) is 0 Å². The maximum absolute atomic E-state index is 13.2. The number of carbonyl (C=O) groups is 2. The number of hydrogen-bond donors (Lipinski definition) is 1. The van der Waals surface area contributed by atoms with Gasteiger partial charge in [0.05, 0.1) is 16.3 Å². The molecule has 1 N–H and O–H groups in total. The highest BCUT2D eigenvalue weighted by atomic mass is 35.5. The fourth-order valence-corrected chi connectivity index (χ4v) is 4.21. The fourth-order valence-electron chi connectivity index (χ4n) is 3.83. The minimum atomic E-state index is -4.57. The normalized spacial score (nSPS) is 14.3. The maximum atomic E-state index is 13.2. The van der Waals surface area contributed by atoms with Gasteiger partial charge in [0, 0.05) is 35.9 Å². The van der Waals surface area contributed by atoms with E-state index in [1.54, 1.807) is 28.0 Å². The number of benzene rings is 3. The molecule has 0 bridgehead atoms. The molecule has 0 saturated carbocycles. The van der Waals surface area contributed by atoms with Crippen molar-refractivity contribution in [3.8, 4) is 0 Å². The fraction of sp³-hybridized carbons (Fsp3) is 0.200. The van der Waals surface area contributed by atoms with Crippen LogP contribution in [-0.2, 0) is 12.7 Å². The van der Waals surface area contributed by atoms with Gasteiger partial charge in [-0.25, -0.2) is 4.79 Å². The summed E-state index contributed by atoms with van der Waals surface area (Å²) in [5, 5.41) is 3.33. The topological polar surface area (TPSA) is 52.7 Å². The molecule has 1 saturated heterocycles. The Labute approximate surface area is 210 Å². The summed E-state index contributed by atoms with van der Waals surface area (Å²) in [6.45, 7) is 1.44. The highest BCUT2D eigenvalue weighted by molar-refractivity contribution is 6.34. The monoisotopic (exact) mass is 521 g/mol. The Balaban J connectivity index is 1.53. The molecule has 0 spiro atoms. The first-order valence-corrected chi connectivity index (χ1v) is 11.5. The van der Waals surface area contributed by atoms with Crippen LogP contribution in [0, 0.1) is 0 Å². The number of carbonyl (C=O) groups excluding carboxylic acids is 2. The van der Waals surface area contributed by atoms with Crippen molar-refractivity contribution in [1.82, 2.24) is 4.90 Å². The van der Waals surface area contributed by atoms with Crippen LogP contribution < -0.4 is 10.2 Å². The van der Waals surface area contributed by atoms with Crippen LogP contribution in [0.1, 0.15) is 27.9 Å². The van der Waals surface area contributed by atoms with Gasteiger partial charge in [-0.2, -0.15) is 13.2 Å². The van der Waals surface area contributed by atoms with E-state index in [4.69, 9.17) is 23.2 Å². The third-order valence-corrected chi connectivity index (χ3v) is 6.10. The number of urea groups is 1. The van der Waals surface area contributed by atoms with Crippen molar-refractivity contribution in [2.75, 3.05) is 23.3 Å². The molecule has 4 rings (SSSR count).